The first-order chi connectivity index (χ1) is 7.70. The average Bonchev–Trinajstić information content (AvgIpc) is 2.67. The molecule has 0 atom stereocenters. The van der Waals surface area contributed by atoms with E-state index >= 15 is 0 Å². The molecule has 0 spiro atoms. The summed E-state index contributed by atoms with van der Waals surface area (Å²) in [4.78, 5) is 4.55. The third kappa shape index (κ3) is 2.35. The van der Waals surface area contributed by atoms with Gasteiger partial charge in [0.05, 0.1) is 5.69 Å². The first kappa shape index (κ1) is 11.4. The Morgan fingerprint density at radius 2 is 2.31 bits per heavy atom. The predicted molar refractivity (Wildman–Crippen MR) is 71.8 cm³/mol. The Morgan fingerprint density at radius 1 is 1.50 bits per heavy atom. The summed E-state index contributed by atoms with van der Waals surface area (Å²) in [5.41, 5.74) is 3.38. The number of allylic oxidation sites excluding steroid dienone is 1. The van der Waals surface area contributed by atoms with Crippen molar-refractivity contribution in [1.29, 1.82) is 0 Å². The molecule has 0 saturated heterocycles. The number of hydrogen-bond acceptors (Lipinski definition) is 1. The molecule has 0 aliphatic heterocycles. The number of hydrogen-bond donors (Lipinski definition) is 0. The van der Waals surface area contributed by atoms with E-state index in [0.717, 1.165) is 16.7 Å². The molecule has 0 radical (unpaired) electrons. The van der Waals surface area contributed by atoms with Gasteiger partial charge in [0.15, 0.2) is 0 Å². The molecule has 0 aliphatic rings. The summed E-state index contributed by atoms with van der Waals surface area (Å²) in [7, 11) is 0. The fourth-order valence-electron chi connectivity index (χ4n) is 1.57. The Bertz CT molecular complexity index is 478. The van der Waals surface area contributed by atoms with Gasteiger partial charge in [0.1, 0.15) is 5.65 Å². The van der Waals surface area contributed by atoms with Crippen LogP contribution in [0.4, 0.5) is 0 Å². The molecule has 2 nitrogen and oxygen atoms in total. The first-order valence-electron chi connectivity index (χ1n) is 5.41. The van der Waals surface area contributed by atoms with Gasteiger partial charge in [-0.1, -0.05) is 41.4 Å². The SMILES string of the molecule is CC(C)C(=Cc1cn2ccccc2n1)CBr. The van der Waals surface area contributed by atoms with E-state index in [1.807, 2.05) is 28.8 Å². The monoisotopic (exact) mass is 278 g/mol. The number of imidazole rings is 1. The Kier molecular flexibility index (Phi) is 3.44. The van der Waals surface area contributed by atoms with Gasteiger partial charge in [-0.15, -0.1) is 0 Å². The molecule has 0 saturated carbocycles. The van der Waals surface area contributed by atoms with Crippen LogP contribution >= 0.6 is 15.9 Å². The van der Waals surface area contributed by atoms with Crippen molar-refractivity contribution in [2.45, 2.75) is 13.8 Å². The summed E-state index contributed by atoms with van der Waals surface area (Å²) in [6.45, 7) is 4.39. The molecule has 2 aromatic rings. The van der Waals surface area contributed by atoms with Gasteiger partial charge in [-0.05, 0) is 24.1 Å². The van der Waals surface area contributed by atoms with Crippen LogP contribution in [0.15, 0.2) is 36.2 Å². The van der Waals surface area contributed by atoms with Crippen molar-refractivity contribution < 1.29 is 0 Å². The molecule has 2 heterocycles. The van der Waals surface area contributed by atoms with Crippen LogP contribution in [-0.4, -0.2) is 14.7 Å². The van der Waals surface area contributed by atoms with Crippen LogP contribution in [-0.2, 0) is 0 Å². The second kappa shape index (κ2) is 4.83. The standard InChI is InChI=1S/C13H15BrN2/c1-10(2)11(8-14)7-12-9-16-6-4-3-5-13(16)15-12/h3-7,9-10H,8H2,1-2H3. The fraction of sp³-hybridized carbons (Fsp3) is 0.308. The molecule has 84 valence electrons. The molecule has 2 rings (SSSR count). The predicted octanol–water partition coefficient (Wildman–Crippen LogP) is 3.77. The summed E-state index contributed by atoms with van der Waals surface area (Å²) < 4.78 is 2.04. The highest BCUT2D eigenvalue weighted by Crippen LogP contribution is 2.16. The number of rotatable bonds is 3. The Morgan fingerprint density at radius 3 is 2.94 bits per heavy atom. The normalized spacial score (nSPS) is 12.6. The molecule has 0 aliphatic carbocycles. The van der Waals surface area contributed by atoms with Gasteiger partial charge in [-0.25, -0.2) is 4.98 Å². The maximum absolute atomic E-state index is 4.55. The number of aromatic nitrogens is 2. The fourth-order valence-corrected chi connectivity index (χ4v) is 2.38. The molecule has 0 aromatic carbocycles. The van der Waals surface area contributed by atoms with Crippen molar-refractivity contribution >= 4 is 27.7 Å². The topological polar surface area (TPSA) is 17.3 Å². The molecule has 16 heavy (non-hydrogen) atoms. The van der Waals surface area contributed by atoms with Crippen molar-refractivity contribution in [2.24, 2.45) is 5.92 Å². The zero-order chi connectivity index (χ0) is 11.5. The van der Waals surface area contributed by atoms with E-state index in [0.29, 0.717) is 5.92 Å². The van der Waals surface area contributed by atoms with E-state index in [-0.39, 0.29) is 0 Å². The van der Waals surface area contributed by atoms with E-state index in [1.165, 1.54) is 5.57 Å². The maximum Gasteiger partial charge on any atom is 0.137 e. The third-order valence-corrected chi connectivity index (χ3v) is 3.26. The smallest absolute Gasteiger partial charge is 0.137 e. The second-order valence-electron chi connectivity index (χ2n) is 4.14. The second-order valence-corrected chi connectivity index (χ2v) is 4.70. The van der Waals surface area contributed by atoms with E-state index in [2.05, 4.69) is 47.0 Å². The number of fused-ring (bicyclic) bond motifs is 1. The molecule has 0 unspecified atom stereocenters. The number of pyridine rings is 1. The molecule has 0 fully saturated rings. The van der Waals surface area contributed by atoms with Crippen LogP contribution in [0.2, 0.25) is 0 Å². The summed E-state index contributed by atoms with van der Waals surface area (Å²) >= 11 is 3.51. The highest BCUT2D eigenvalue weighted by molar-refractivity contribution is 9.09. The van der Waals surface area contributed by atoms with Crippen LogP contribution in [0, 0.1) is 5.92 Å². The highest BCUT2D eigenvalue weighted by atomic mass is 79.9. The minimum Gasteiger partial charge on any atom is -0.306 e. The average molecular weight is 279 g/mol. The highest BCUT2D eigenvalue weighted by Gasteiger charge is 2.03. The van der Waals surface area contributed by atoms with Crippen molar-refractivity contribution in [3.05, 3.63) is 41.9 Å². The first-order valence-corrected chi connectivity index (χ1v) is 6.53. The molecule has 2 aromatic heterocycles. The number of alkyl halides is 1. The van der Waals surface area contributed by atoms with Crippen LogP contribution < -0.4 is 0 Å². The van der Waals surface area contributed by atoms with Gasteiger partial charge in [-0.3, -0.25) is 0 Å². The van der Waals surface area contributed by atoms with Crippen molar-refractivity contribution in [1.82, 2.24) is 9.38 Å². The lowest BCUT2D eigenvalue weighted by atomic mass is 10.0. The number of halogens is 1. The minimum absolute atomic E-state index is 0.546. The molecular formula is C13H15BrN2. The quantitative estimate of drug-likeness (QED) is 0.782. The van der Waals surface area contributed by atoms with Crippen LogP contribution in [0.1, 0.15) is 19.5 Å². The maximum atomic E-state index is 4.55. The van der Waals surface area contributed by atoms with E-state index in [1.54, 1.807) is 0 Å². The zero-order valence-electron chi connectivity index (χ0n) is 9.52. The molecule has 3 heteroatoms. The lowest BCUT2D eigenvalue weighted by Gasteiger charge is -2.05. The van der Waals surface area contributed by atoms with Gasteiger partial charge in [-0.2, -0.15) is 0 Å². The summed E-state index contributed by atoms with van der Waals surface area (Å²) in [5.74, 6) is 0.546. The molecule has 0 bridgehead atoms. The number of nitrogens with zero attached hydrogens (tertiary/aromatic N) is 2. The van der Waals surface area contributed by atoms with Gasteiger partial charge in [0, 0.05) is 17.7 Å². The van der Waals surface area contributed by atoms with Crippen molar-refractivity contribution in [3.8, 4) is 0 Å². The van der Waals surface area contributed by atoms with Crippen molar-refractivity contribution in [2.75, 3.05) is 5.33 Å². The van der Waals surface area contributed by atoms with Gasteiger partial charge in [0.2, 0.25) is 0 Å². The van der Waals surface area contributed by atoms with Crippen LogP contribution in [0.5, 0.6) is 0 Å². The lowest BCUT2D eigenvalue weighted by Crippen LogP contribution is -1.94. The van der Waals surface area contributed by atoms with Crippen LogP contribution in [0.25, 0.3) is 11.7 Å². The summed E-state index contributed by atoms with van der Waals surface area (Å²) in [6.07, 6.45) is 6.23. The largest absolute Gasteiger partial charge is 0.306 e. The zero-order valence-corrected chi connectivity index (χ0v) is 11.1. The Labute approximate surface area is 104 Å². The lowest BCUT2D eigenvalue weighted by molar-refractivity contribution is 0.780. The third-order valence-electron chi connectivity index (χ3n) is 2.61. The summed E-state index contributed by atoms with van der Waals surface area (Å²) in [6, 6.07) is 6.03. The molecule has 0 N–H and O–H groups in total. The van der Waals surface area contributed by atoms with Crippen molar-refractivity contribution in [3.63, 3.8) is 0 Å². The Balaban J connectivity index is 2.40. The van der Waals surface area contributed by atoms with E-state index in [9.17, 15) is 0 Å². The van der Waals surface area contributed by atoms with Crippen LogP contribution in [0.3, 0.4) is 0 Å². The van der Waals surface area contributed by atoms with Gasteiger partial charge < -0.3 is 4.40 Å². The minimum atomic E-state index is 0.546. The van der Waals surface area contributed by atoms with E-state index < -0.39 is 0 Å². The summed E-state index contributed by atoms with van der Waals surface area (Å²) in [5, 5.41) is 0.901. The molecular weight excluding hydrogens is 264 g/mol. The van der Waals surface area contributed by atoms with Gasteiger partial charge in [0.25, 0.3) is 0 Å². The van der Waals surface area contributed by atoms with E-state index in [4.69, 9.17) is 0 Å². The molecule has 0 amide bonds. The van der Waals surface area contributed by atoms with Gasteiger partial charge >= 0.3 is 0 Å². The Hall–Kier alpha value is -1.09.